The Labute approximate surface area is 117 Å². The van der Waals surface area contributed by atoms with Crippen molar-refractivity contribution in [2.75, 3.05) is 14.2 Å². The largest absolute Gasteiger partial charge is 0.477 e. The Bertz CT molecular complexity index is 526. The molecule has 20 heavy (non-hydrogen) atoms. The first-order valence-corrected chi connectivity index (χ1v) is 5.75. The molecule has 0 fully saturated rings. The van der Waals surface area contributed by atoms with Gasteiger partial charge in [0.15, 0.2) is 12.1 Å². The van der Waals surface area contributed by atoms with Crippen LogP contribution in [0.3, 0.4) is 0 Å². The zero-order valence-electron chi connectivity index (χ0n) is 11.4. The second kappa shape index (κ2) is 8.41. The maximum Gasteiger partial charge on any atom is 0.273 e. The Morgan fingerprint density at radius 1 is 1.45 bits per heavy atom. The van der Waals surface area contributed by atoms with Crippen LogP contribution in [0.1, 0.15) is 11.1 Å². The van der Waals surface area contributed by atoms with Crippen LogP contribution in [0.4, 0.5) is 0 Å². The molecule has 1 rings (SSSR count). The molecule has 0 spiro atoms. The van der Waals surface area contributed by atoms with Gasteiger partial charge in [-0.2, -0.15) is 5.10 Å². The number of hydrogen-bond donors (Lipinski definition) is 1. The molecule has 0 bridgehead atoms. The smallest absolute Gasteiger partial charge is 0.273 e. The average molecular weight is 276 g/mol. The van der Waals surface area contributed by atoms with Gasteiger partial charge < -0.3 is 14.9 Å². The van der Waals surface area contributed by atoms with Crippen LogP contribution >= 0.6 is 0 Å². The third-order valence-corrected chi connectivity index (χ3v) is 2.34. The summed E-state index contributed by atoms with van der Waals surface area (Å²) in [7, 11) is 2.90. The summed E-state index contributed by atoms with van der Waals surface area (Å²) in [6.45, 7) is 3.41. The molecule has 1 aromatic rings. The Kier molecular flexibility index (Phi) is 6.46. The van der Waals surface area contributed by atoms with Crippen LogP contribution < -0.4 is 5.32 Å². The highest BCUT2D eigenvalue weighted by Gasteiger charge is 2.17. The van der Waals surface area contributed by atoms with Gasteiger partial charge in [-0.05, 0) is 5.56 Å². The van der Waals surface area contributed by atoms with Crippen LogP contribution in [0.15, 0.2) is 39.6 Å². The van der Waals surface area contributed by atoms with E-state index in [1.54, 1.807) is 12.1 Å². The number of hydrogen-bond acceptors (Lipinski definition) is 6. The monoisotopic (exact) mass is 276 g/mol. The molecule has 7 nitrogen and oxygen atoms in total. The number of rotatable bonds is 7. The molecule has 0 aromatic heterocycles. The first-order valence-electron chi connectivity index (χ1n) is 5.75. The van der Waals surface area contributed by atoms with Crippen LogP contribution in [0, 0.1) is 0 Å². The zero-order chi connectivity index (χ0) is 14.8. The van der Waals surface area contributed by atoms with Gasteiger partial charge in [0, 0.05) is 19.3 Å². The third-order valence-electron chi connectivity index (χ3n) is 2.34. The van der Waals surface area contributed by atoms with E-state index in [4.69, 9.17) is 9.57 Å². The standard InChI is InChI=1S/C13H16N4O3/c1-14-13(18)12(17-19-3)11-7-5-4-6-10(11)8-20-9-16-15-2/h4-7,9H,2,8H2,1,3H3,(H,14,18)/b16-9?,17-12-. The maximum atomic E-state index is 11.8. The third kappa shape index (κ3) is 4.20. The van der Waals surface area contributed by atoms with E-state index < -0.39 is 0 Å². The summed E-state index contributed by atoms with van der Waals surface area (Å²) in [6.07, 6.45) is 1.18. The quantitative estimate of drug-likeness (QED) is 0.457. The number of nitrogens with one attached hydrogen (secondary N) is 1. The number of carbonyl (C=O) groups is 1. The van der Waals surface area contributed by atoms with Crippen LogP contribution in [-0.4, -0.2) is 38.9 Å². The fraction of sp³-hybridized carbons (Fsp3) is 0.231. The Hall–Kier alpha value is -2.70. The van der Waals surface area contributed by atoms with Crippen molar-refractivity contribution in [1.29, 1.82) is 0 Å². The molecule has 1 aromatic carbocycles. The predicted octanol–water partition coefficient (Wildman–Crippen LogP) is 0.944. The van der Waals surface area contributed by atoms with Crippen LogP contribution in [0.25, 0.3) is 0 Å². The predicted molar refractivity (Wildman–Crippen MR) is 76.9 cm³/mol. The Morgan fingerprint density at radius 3 is 2.85 bits per heavy atom. The maximum absolute atomic E-state index is 11.8. The van der Waals surface area contributed by atoms with Gasteiger partial charge in [-0.25, -0.2) is 0 Å². The molecular formula is C13H16N4O3. The van der Waals surface area contributed by atoms with Crippen molar-refractivity contribution in [2.45, 2.75) is 6.61 Å². The lowest BCUT2D eigenvalue weighted by Crippen LogP contribution is -2.29. The summed E-state index contributed by atoms with van der Waals surface area (Å²) < 4.78 is 5.19. The molecule has 0 aliphatic rings. The van der Waals surface area contributed by atoms with Crippen LogP contribution in [-0.2, 0) is 21.0 Å². The number of nitrogens with zero attached hydrogens (tertiary/aromatic N) is 3. The van der Waals surface area contributed by atoms with Crippen molar-refractivity contribution in [3.8, 4) is 0 Å². The minimum absolute atomic E-state index is 0.174. The second-order valence-electron chi connectivity index (χ2n) is 3.53. The SMILES string of the molecule is C=NN=COCc1ccccc1/C(=N/OC)C(=O)NC. The van der Waals surface area contributed by atoms with Crippen LogP contribution in [0.2, 0.25) is 0 Å². The number of benzene rings is 1. The number of amides is 1. The molecule has 0 radical (unpaired) electrons. The number of ether oxygens (including phenoxy) is 1. The number of carbonyl (C=O) groups excluding carboxylic acids is 1. The normalized spacial score (nSPS) is 11.2. The fourth-order valence-corrected chi connectivity index (χ4v) is 1.49. The minimum atomic E-state index is -0.347. The minimum Gasteiger partial charge on any atom is -0.477 e. The Morgan fingerprint density at radius 2 is 2.20 bits per heavy atom. The molecule has 0 unspecified atom stereocenters. The van der Waals surface area contributed by atoms with Crippen molar-refractivity contribution in [3.63, 3.8) is 0 Å². The van der Waals surface area contributed by atoms with Crippen molar-refractivity contribution in [2.24, 2.45) is 15.4 Å². The van der Waals surface area contributed by atoms with E-state index in [-0.39, 0.29) is 18.2 Å². The molecule has 0 aliphatic carbocycles. The van der Waals surface area contributed by atoms with Gasteiger partial charge in [0.25, 0.3) is 5.91 Å². The van der Waals surface area contributed by atoms with Gasteiger partial charge in [0.1, 0.15) is 13.7 Å². The lowest BCUT2D eigenvalue weighted by atomic mass is 10.0. The van der Waals surface area contributed by atoms with E-state index in [0.717, 1.165) is 5.56 Å². The topological polar surface area (TPSA) is 84.6 Å². The summed E-state index contributed by atoms with van der Waals surface area (Å²) in [5.74, 6) is -0.347. The number of oxime groups is 1. The Balaban J connectivity index is 3.03. The van der Waals surface area contributed by atoms with E-state index in [0.29, 0.717) is 5.56 Å². The lowest BCUT2D eigenvalue weighted by molar-refractivity contribution is -0.114. The molecule has 0 heterocycles. The summed E-state index contributed by atoms with van der Waals surface area (Å²) in [5, 5.41) is 13.0. The fourth-order valence-electron chi connectivity index (χ4n) is 1.49. The van der Waals surface area contributed by atoms with Gasteiger partial charge in [-0.15, -0.1) is 5.10 Å². The molecule has 1 amide bonds. The summed E-state index contributed by atoms with van der Waals surface area (Å²) in [4.78, 5) is 16.5. The molecule has 0 saturated heterocycles. The van der Waals surface area contributed by atoms with Crippen molar-refractivity contribution in [1.82, 2.24) is 5.32 Å². The summed E-state index contributed by atoms with van der Waals surface area (Å²) >= 11 is 0. The van der Waals surface area contributed by atoms with E-state index >= 15 is 0 Å². The molecule has 7 heteroatoms. The van der Waals surface area contributed by atoms with Gasteiger partial charge in [0.05, 0.1) is 0 Å². The van der Waals surface area contributed by atoms with E-state index in [9.17, 15) is 4.79 Å². The summed E-state index contributed by atoms with van der Waals surface area (Å²) in [6, 6.07) is 7.21. The van der Waals surface area contributed by atoms with Gasteiger partial charge in [-0.3, -0.25) is 4.79 Å². The highest BCUT2D eigenvalue weighted by molar-refractivity contribution is 6.45. The zero-order valence-corrected chi connectivity index (χ0v) is 11.4. The molecule has 0 saturated carbocycles. The van der Waals surface area contributed by atoms with E-state index in [2.05, 4.69) is 27.4 Å². The van der Waals surface area contributed by atoms with Crippen molar-refractivity contribution < 1.29 is 14.4 Å². The molecule has 0 atom stereocenters. The molecule has 1 N–H and O–H groups in total. The first-order chi connectivity index (χ1) is 9.74. The molecule has 106 valence electrons. The van der Waals surface area contributed by atoms with E-state index in [1.165, 1.54) is 20.6 Å². The summed E-state index contributed by atoms with van der Waals surface area (Å²) in [5.41, 5.74) is 1.56. The van der Waals surface area contributed by atoms with E-state index in [1.807, 2.05) is 12.1 Å². The van der Waals surface area contributed by atoms with Gasteiger partial charge in [-0.1, -0.05) is 29.4 Å². The second-order valence-corrected chi connectivity index (χ2v) is 3.53. The molecule has 0 aliphatic heterocycles. The highest BCUT2D eigenvalue weighted by atomic mass is 16.6. The van der Waals surface area contributed by atoms with Crippen molar-refractivity contribution >= 4 is 24.7 Å². The first kappa shape index (κ1) is 15.4. The van der Waals surface area contributed by atoms with Gasteiger partial charge in [0.2, 0.25) is 0 Å². The highest BCUT2D eigenvalue weighted by Crippen LogP contribution is 2.12. The van der Waals surface area contributed by atoms with Crippen molar-refractivity contribution in [3.05, 3.63) is 35.4 Å². The number of likely N-dealkylation sites (N-methyl/N-ethyl adjacent to an activating group) is 1. The molecular weight excluding hydrogens is 260 g/mol. The lowest BCUT2D eigenvalue weighted by Gasteiger charge is -2.10. The van der Waals surface area contributed by atoms with Crippen LogP contribution in [0.5, 0.6) is 0 Å². The van der Waals surface area contributed by atoms with Gasteiger partial charge >= 0.3 is 0 Å². The average Bonchev–Trinajstić information content (AvgIpc) is 2.49.